The van der Waals surface area contributed by atoms with E-state index in [4.69, 9.17) is 9.68 Å². The third kappa shape index (κ3) is 4.18. The summed E-state index contributed by atoms with van der Waals surface area (Å²) in [4.78, 5) is 12.6. The molecule has 0 bridgehead atoms. The van der Waals surface area contributed by atoms with Crippen LogP contribution in [0.2, 0.25) is 0 Å². The van der Waals surface area contributed by atoms with E-state index < -0.39 is 0 Å². The first-order chi connectivity index (χ1) is 12.7. The first-order valence-electron chi connectivity index (χ1n) is 8.41. The molecule has 26 heavy (non-hydrogen) atoms. The first-order valence-corrected chi connectivity index (χ1v) is 8.41. The Labute approximate surface area is 152 Å². The molecule has 1 aromatic heterocycles. The molecule has 3 aromatic rings. The summed E-state index contributed by atoms with van der Waals surface area (Å²) in [6.45, 7) is 1.85. The van der Waals surface area contributed by atoms with E-state index in [2.05, 4.69) is 11.4 Å². The average molecular weight is 346 g/mol. The van der Waals surface area contributed by atoms with E-state index in [1.807, 2.05) is 54.7 Å². The van der Waals surface area contributed by atoms with Crippen LogP contribution in [0.15, 0.2) is 77.4 Å². The number of carbonyl (C=O) groups is 1. The number of furan rings is 1. The van der Waals surface area contributed by atoms with Gasteiger partial charge in [0.05, 0.1) is 17.9 Å². The van der Waals surface area contributed by atoms with Gasteiger partial charge < -0.3 is 15.1 Å². The lowest BCUT2D eigenvalue weighted by Crippen LogP contribution is -2.92. The molecule has 0 aliphatic carbocycles. The van der Waals surface area contributed by atoms with Crippen molar-refractivity contribution in [3.8, 4) is 6.07 Å². The van der Waals surface area contributed by atoms with Gasteiger partial charge in [0.25, 0.3) is 5.91 Å². The summed E-state index contributed by atoms with van der Waals surface area (Å²) in [6.07, 6.45) is 1.64. The van der Waals surface area contributed by atoms with E-state index in [0.29, 0.717) is 11.3 Å². The summed E-state index contributed by atoms with van der Waals surface area (Å²) in [5.74, 6) is 0.662. The Hall–Kier alpha value is -3.36. The largest absolute Gasteiger partial charge is 0.463 e. The number of hydrogen-bond acceptors (Lipinski definition) is 3. The van der Waals surface area contributed by atoms with Gasteiger partial charge in [0.15, 0.2) is 17.8 Å². The van der Waals surface area contributed by atoms with Crippen LogP contribution in [0.5, 0.6) is 0 Å². The van der Waals surface area contributed by atoms with Crippen molar-refractivity contribution in [2.45, 2.75) is 19.0 Å². The summed E-state index contributed by atoms with van der Waals surface area (Å²) in [5.41, 5.74) is 2.19. The zero-order valence-electron chi connectivity index (χ0n) is 14.4. The van der Waals surface area contributed by atoms with Gasteiger partial charge in [0.1, 0.15) is 0 Å². The Morgan fingerprint density at radius 2 is 1.92 bits per heavy atom. The van der Waals surface area contributed by atoms with E-state index in [0.717, 1.165) is 11.3 Å². The van der Waals surface area contributed by atoms with Crippen molar-refractivity contribution in [1.82, 2.24) is 0 Å². The van der Waals surface area contributed by atoms with E-state index in [1.54, 1.807) is 30.5 Å². The molecule has 0 radical (unpaired) electrons. The lowest BCUT2D eigenvalue weighted by atomic mass is 10.0. The zero-order valence-corrected chi connectivity index (χ0v) is 14.4. The van der Waals surface area contributed by atoms with Gasteiger partial charge in [-0.3, -0.25) is 4.79 Å². The normalized spacial score (nSPS) is 12.8. The number of nitriles is 1. The van der Waals surface area contributed by atoms with Gasteiger partial charge in [-0.15, -0.1) is 0 Å². The molecular weight excluding hydrogens is 326 g/mol. The molecule has 0 saturated carbocycles. The smallest absolute Gasteiger partial charge is 0.282 e. The molecule has 0 saturated heterocycles. The van der Waals surface area contributed by atoms with Crippen molar-refractivity contribution in [1.29, 1.82) is 5.26 Å². The monoisotopic (exact) mass is 346 g/mol. The summed E-state index contributed by atoms with van der Waals surface area (Å²) in [5, 5.41) is 13.8. The first kappa shape index (κ1) is 17.5. The molecule has 1 amide bonds. The van der Waals surface area contributed by atoms with Crippen molar-refractivity contribution < 1.29 is 14.5 Å². The van der Waals surface area contributed by atoms with Crippen molar-refractivity contribution in [3.63, 3.8) is 0 Å². The molecule has 5 heteroatoms. The Kier molecular flexibility index (Phi) is 5.47. The van der Waals surface area contributed by atoms with Gasteiger partial charge in [-0.25, -0.2) is 0 Å². The fourth-order valence-electron chi connectivity index (χ4n) is 2.80. The third-order valence-corrected chi connectivity index (χ3v) is 4.16. The van der Waals surface area contributed by atoms with E-state index in [1.165, 1.54) is 0 Å². The van der Waals surface area contributed by atoms with Crippen molar-refractivity contribution >= 4 is 11.6 Å². The number of quaternary nitrogens is 1. The topological polar surface area (TPSA) is 82.6 Å². The zero-order chi connectivity index (χ0) is 18.4. The van der Waals surface area contributed by atoms with Crippen LogP contribution < -0.4 is 10.6 Å². The van der Waals surface area contributed by atoms with Crippen LogP contribution in [0.25, 0.3) is 0 Å². The molecule has 0 aliphatic rings. The minimum Gasteiger partial charge on any atom is -0.463 e. The number of hydrogen-bond donors (Lipinski definition) is 2. The number of amides is 1. The third-order valence-electron chi connectivity index (χ3n) is 4.16. The van der Waals surface area contributed by atoms with E-state index >= 15 is 0 Å². The number of carbonyl (C=O) groups excluding carboxylic acids is 1. The molecule has 2 atom stereocenters. The molecule has 5 nitrogen and oxygen atoms in total. The van der Waals surface area contributed by atoms with Gasteiger partial charge >= 0.3 is 0 Å². The van der Waals surface area contributed by atoms with Gasteiger partial charge in [-0.05, 0) is 37.3 Å². The van der Waals surface area contributed by atoms with Crippen LogP contribution in [0.4, 0.5) is 5.69 Å². The highest BCUT2D eigenvalue weighted by atomic mass is 16.3. The average Bonchev–Trinajstić information content (AvgIpc) is 3.21. The fourth-order valence-corrected chi connectivity index (χ4v) is 2.80. The minimum atomic E-state index is -0.351. The van der Waals surface area contributed by atoms with E-state index in [9.17, 15) is 4.79 Å². The number of rotatable bonds is 6. The van der Waals surface area contributed by atoms with Gasteiger partial charge in [0.2, 0.25) is 0 Å². The molecule has 0 aliphatic heterocycles. The Balaban J connectivity index is 1.74. The molecule has 0 unspecified atom stereocenters. The van der Waals surface area contributed by atoms with Gasteiger partial charge in [-0.1, -0.05) is 36.4 Å². The minimum absolute atomic E-state index is 0.114. The molecule has 0 spiro atoms. The van der Waals surface area contributed by atoms with Crippen LogP contribution in [0, 0.1) is 11.3 Å². The standard InChI is InChI=1S/C21H19N3O2/c1-15(21(25)24-18-10-5-7-16(13-18)14-22)23-20(19-11-6-12-26-19)17-8-3-2-4-9-17/h2-13,15,20,23H,1H3,(H,24,25)/p+1/t15-,20+/m1/s1. The number of nitrogens with two attached hydrogens (primary N) is 1. The summed E-state index contributed by atoms with van der Waals surface area (Å²) >= 11 is 0. The second-order valence-electron chi connectivity index (χ2n) is 6.07. The van der Waals surface area contributed by atoms with E-state index in [-0.39, 0.29) is 18.0 Å². The lowest BCUT2D eigenvalue weighted by Gasteiger charge is -2.18. The highest BCUT2D eigenvalue weighted by Gasteiger charge is 2.26. The summed E-state index contributed by atoms with van der Waals surface area (Å²) < 4.78 is 5.58. The Bertz CT molecular complexity index is 899. The second kappa shape index (κ2) is 8.15. The van der Waals surface area contributed by atoms with Crippen molar-refractivity contribution in [2.75, 3.05) is 5.32 Å². The fraction of sp³-hybridized carbons (Fsp3) is 0.143. The SMILES string of the molecule is C[C@@H]([NH2+][C@@H](c1ccccc1)c1ccco1)C(=O)Nc1cccc(C#N)c1. The molecule has 130 valence electrons. The van der Waals surface area contributed by atoms with Crippen LogP contribution in [0.3, 0.4) is 0 Å². The molecular formula is C21H20N3O2+. The van der Waals surface area contributed by atoms with Crippen LogP contribution in [-0.4, -0.2) is 11.9 Å². The maximum atomic E-state index is 12.6. The number of benzene rings is 2. The van der Waals surface area contributed by atoms with Crippen LogP contribution in [0.1, 0.15) is 29.9 Å². The summed E-state index contributed by atoms with van der Waals surface area (Å²) in [7, 11) is 0. The van der Waals surface area contributed by atoms with Crippen molar-refractivity contribution in [2.24, 2.45) is 0 Å². The van der Waals surface area contributed by atoms with Crippen molar-refractivity contribution in [3.05, 3.63) is 89.9 Å². The number of nitrogens with one attached hydrogen (secondary N) is 1. The predicted octanol–water partition coefficient (Wildman–Crippen LogP) is 2.83. The molecule has 3 rings (SSSR count). The highest BCUT2D eigenvalue weighted by Crippen LogP contribution is 2.19. The Morgan fingerprint density at radius 1 is 1.12 bits per heavy atom. The van der Waals surface area contributed by atoms with Crippen LogP contribution in [-0.2, 0) is 4.79 Å². The predicted molar refractivity (Wildman–Crippen MR) is 98.2 cm³/mol. The maximum Gasteiger partial charge on any atom is 0.282 e. The van der Waals surface area contributed by atoms with Gasteiger partial charge in [0, 0.05) is 11.3 Å². The molecule has 3 N–H and O–H groups in total. The summed E-state index contributed by atoms with van der Waals surface area (Å²) in [6, 6.07) is 22.2. The Morgan fingerprint density at radius 3 is 2.62 bits per heavy atom. The molecule has 2 aromatic carbocycles. The molecule has 0 fully saturated rings. The van der Waals surface area contributed by atoms with Gasteiger partial charge in [-0.2, -0.15) is 5.26 Å². The number of anilines is 1. The highest BCUT2D eigenvalue weighted by molar-refractivity contribution is 5.93. The molecule has 1 heterocycles. The lowest BCUT2D eigenvalue weighted by molar-refractivity contribution is -0.706. The maximum absolute atomic E-state index is 12.6. The van der Waals surface area contributed by atoms with Crippen LogP contribution >= 0.6 is 0 Å². The number of nitrogens with zero attached hydrogens (tertiary/aromatic N) is 1. The quantitative estimate of drug-likeness (QED) is 0.720. The second-order valence-corrected chi connectivity index (χ2v) is 6.07.